The molecule has 0 unspecified atom stereocenters. The van der Waals surface area contributed by atoms with Crippen molar-refractivity contribution in [2.45, 2.75) is 92.9 Å². The van der Waals surface area contributed by atoms with Crippen LogP contribution in [0.2, 0.25) is 0 Å². The Morgan fingerprint density at radius 3 is 1.40 bits per heavy atom. The first kappa shape index (κ1) is 23.9. The van der Waals surface area contributed by atoms with Gasteiger partial charge in [0.25, 0.3) is 0 Å². The molecular weight excluding hydrogens is 316 g/mol. The number of carbonyl (C=O) groups is 2. The first-order chi connectivity index (χ1) is 11.9. The third-order valence-electron chi connectivity index (χ3n) is 5.53. The third-order valence-corrected chi connectivity index (χ3v) is 5.53. The van der Waals surface area contributed by atoms with Crippen LogP contribution in [0.25, 0.3) is 0 Å². The second-order valence-corrected chi connectivity index (χ2v) is 7.37. The van der Waals surface area contributed by atoms with Crippen LogP contribution < -0.4 is 0 Å². The van der Waals surface area contributed by atoms with E-state index in [9.17, 15) is 9.59 Å². The van der Waals surface area contributed by atoms with E-state index in [2.05, 4.69) is 27.7 Å². The average Bonchev–Trinajstić information content (AvgIpc) is 2.63. The third kappa shape index (κ3) is 8.24. The van der Waals surface area contributed by atoms with E-state index in [1.54, 1.807) is 0 Å². The van der Waals surface area contributed by atoms with Crippen LogP contribution in [0.4, 0.5) is 0 Å². The molecule has 0 N–H and O–H groups in total. The SMILES string of the molecule is CC[C@H](C)CCCOC(=O)C(CC)(CC)C(=O)OCCC[C@@H](C)CC. The molecule has 4 nitrogen and oxygen atoms in total. The fourth-order valence-corrected chi connectivity index (χ4v) is 2.79. The van der Waals surface area contributed by atoms with Gasteiger partial charge in [-0.1, -0.05) is 54.4 Å². The zero-order chi connectivity index (χ0) is 19.3. The summed E-state index contributed by atoms with van der Waals surface area (Å²) in [7, 11) is 0. The van der Waals surface area contributed by atoms with Gasteiger partial charge in [-0.3, -0.25) is 9.59 Å². The highest BCUT2D eigenvalue weighted by Gasteiger charge is 2.45. The Bertz CT molecular complexity index is 342. The first-order valence-corrected chi connectivity index (χ1v) is 10.2. The molecule has 25 heavy (non-hydrogen) atoms. The second-order valence-electron chi connectivity index (χ2n) is 7.37. The van der Waals surface area contributed by atoms with Gasteiger partial charge in [0, 0.05) is 0 Å². The van der Waals surface area contributed by atoms with Crippen molar-refractivity contribution in [2.24, 2.45) is 17.3 Å². The lowest BCUT2D eigenvalue weighted by atomic mass is 9.82. The van der Waals surface area contributed by atoms with E-state index in [0.717, 1.165) is 38.5 Å². The van der Waals surface area contributed by atoms with Crippen molar-refractivity contribution < 1.29 is 19.1 Å². The normalized spacial score (nSPS) is 14.0. The van der Waals surface area contributed by atoms with Crippen LogP contribution in [0.1, 0.15) is 92.9 Å². The summed E-state index contributed by atoms with van der Waals surface area (Å²) in [5, 5.41) is 0. The Morgan fingerprint density at radius 2 is 1.12 bits per heavy atom. The van der Waals surface area contributed by atoms with E-state index in [1.165, 1.54) is 0 Å². The minimum atomic E-state index is -1.15. The Kier molecular flexibility index (Phi) is 12.6. The molecule has 0 heterocycles. The summed E-state index contributed by atoms with van der Waals surface area (Å²) in [6.45, 7) is 13.2. The fourth-order valence-electron chi connectivity index (χ4n) is 2.79. The minimum absolute atomic E-state index is 0.381. The summed E-state index contributed by atoms with van der Waals surface area (Å²) in [6, 6.07) is 0. The molecule has 0 spiro atoms. The van der Waals surface area contributed by atoms with E-state index in [-0.39, 0.29) is 0 Å². The molecule has 0 radical (unpaired) electrons. The number of esters is 2. The number of hydrogen-bond donors (Lipinski definition) is 0. The maximum Gasteiger partial charge on any atom is 0.323 e. The van der Waals surface area contributed by atoms with Crippen LogP contribution in [-0.4, -0.2) is 25.2 Å². The van der Waals surface area contributed by atoms with Gasteiger partial charge in [0.15, 0.2) is 5.41 Å². The Hall–Kier alpha value is -1.06. The molecule has 0 aliphatic heterocycles. The molecule has 0 aromatic carbocycles. The second kappa shape index (κ2) is 13.2. The zero-order valence-corrected chi connectivity index (χ0v) is 17.4. The number of hydrogen-bond acceptors (Lipinski definition) is 4. The molecule has 0 saturated carbocycles. The summed E-state index contributed by atoms with van der Waals surface area (Å²) in [5.41, 5.74) is -1.15. The highest BCUT2D eigenvalue weighted by molar-refractivity contribution is 5.99. The van der Waals surface area contributed by atoms with Crippen molar-refractivity contribution in [3.05, 3.63) is 0 Å². The lowest BCUT2D eigenvalue weighted by molar-refractivity contribution is -0.173. The van der Waals surface area contributed by atoms with Crippen molar-refractivity contribution in [3.63, 3.8) is 0 Å². The summed E-state index contributed by atoms with van der Waals surface area (Å²) in [5.74, 6) is 0.426. The van der Waals surface area contributed by atoms with Gasteiger partial charge < -0.3 is 9.47 Å². The van der Waals surface area contributed by atoms with Gasteiger partial charge in [-0.2, -0.15) is 0 Å². The molecule has 0 aliphatic rings. The topological polar surface area (TPSA) is 52.6 Å². The fraction of sp³-hybridized carbons (Fsp3) is 0.905. The zero-order valence-electron chi connectivity index (χ0n) is 17.4. The van der Waals surface area contributed by atoms with E-state index in [1.807, 2.05) is 13.8 Å². The molecule has 2 atom stereocenters. The van der Waals surface area contributed by atoms with Gasteiger partial charge >= 0.3 is 11.9 Å². The maximum atomic E-state index is 12.5. The molecule has 0 aliphatic carbocycles. The standard InChI is InChI=1S/C21H40O4/c1-7-17(5)13-11-15-24-19(22)21(9-3,10-4)20(23)25-16-12-14-18(6)8-2/h17-18H,7-16H2,1-6H3/t17-,18-/m0/s1. The van der Waals surface area contributed by atoms with Crippen LogP contribution in [0, 0.1) is 17.3 Å². The van der Waals surface area contributed by atoms with Gasteiger partial charge in [0.2, 0.25) is 0 Å². The number of rotatable bonds is 14. The smallest absolute Gasteiger partial charge is 0.323 e. The predicted molar refractivity (Wildman–Crippen MR) is 102 cm³/mol. The summed E-state index contributed by atoms with van der Waals surface area (Å²) < 4.78 is 10.9. The Morgan fingerprint density at radius 1 is 0.760 bits per heavy atom. The van der Waals surface area contributed by atoms with Crippen LogP contribution in [-0.2, 0) is 19.1 Å². The molecule has 148 valence electrons. The quantitative estimate of drug-likeness (QED) is 0.233. The van der Waals surface area contributed by atoms with Crippen molar-refractivity contribution in [1.29, 1.82) is 0 Å². The Balaban J connectivity index is 4.48. The molecule has 0 bridgehead atoms. The Labute approximate surface area is 155 Å². The molecule has 0 rings (SSSR count). The van der Waals surface area contributed by atoms with E-state index in [0.29, 0.717) is 37.9 Å². The van der Waals surface area contributed by atoms with Gasteiger partial charge in [-0.05, 0) is 50.4 Å². The van der Waals surface area contributed by atoms with Crippen LogP contribution in [0.15, 0.2) is 0 Å². The molecule has 0 fully saturated rings. The highest BCUT2D eigenvalue weighted by Crippen LogP contribution is 2.30. The maximum absolute atomic E-state index is 12.5. The minimum Gasteiger partial charge on any atom is -0.465 e. The number of carbonyl (C=O) groups excluding carboxylic acids is 2. The van der Waals surface area contributed by atoms with Crippen molar-refractivity contribution in [1.82, 2.24) is 0 Å². The predicted octanol–water partition coefficient (Wildman–Crippen LogP) is 5.53. The molecule has 0 amide bonds. The van der Waals surface area contributed by atoms with Crippen molar-refractivity contribution in [3.8, 4) is 0 Å². The monoisotopic (exact) mass is 356 g/mol. The van der Waals surface area contributed by atoms with Crippen LogP contribution >= 0.6 is 0 Å². The lowest BCUT2D eigenvalue weighted by Crippen LogP contribution is -2.41. The molecule has 4 heteroatoms. The first-order valence-electron chi connectivity index (χ1n) is 10.2. The summed E-state index contributed by atoms with van der Waals surface area (Å²) >= 11 is 0. The van der Waals surface area contributed by atoms with Crippen LogP contribution in [0.3, 0.4) is 0 Å². The summed E-state index contributed by atoms with van der Waals surface area (Å²) in [6.07, 6.45) is 6.85. The van der Waals surface area contributed by atoms with Gasteiger partial charge in [-0.25, -0.2) is 0 Å². The molecular formula is C21H40O4. The number of ether oxygens (including phenoxy) is 2. The van der Waals surface area contributed by atoms with Crippen LogP contribution in [0.5, 0.6) is 0 Å². The summed E-state index contributed by atoms with van der Waals surface area (Å²) in [4.78, 5) is 25.1. The molecule has 0 saturated heterocycles. The van der Waals surface area contributed by atoms with Gasteiger partial charge in [0.05, 0.1) is 13.2 Å². The van der Waals surface area contributed by atoms with E-state index >= 15 is 0 Å². The molecule has 0 aromatic rings. The van der Waals surface area contributed by atoms with Gasteiger partial charge in [-0.15, -0.1) is 0 Å². The highest BCUT2D eigenvalue weighted by atomic mass is 16.6. The largest absolute Gasteiger partial charge is 0.465 e. The lowest BCUT2D eigenvalue weighted by Gasteiger charge is -2.27. The van der Waals surface area contributed by atoms with Crippen molar-refractivity contribution >= 4 is 11.9 Å². The van der Waals surface area contributed by atoms with Gasteiger partial charge in [0.1, 0.15) is 0 Å². The van der Waals surface area contributed by atoms with E-state index < -0.39 is 17.4 Å². The average molecular weight is 357 g/mol. The molecule has 0 aromatic heterocycles. The van der Waals surface area contributed by atoms with E-state index in [4.69, 9.17) is 9.47 Å². The van der Waals surface area contributed by atoms with Crippen molar-refractivity contribution in [2.75, 3.05) is 13.2 Å².